The molecular weight excluding hydrogens is 230 g/mol. The molecule has 0 bridgehead atoms. The Kier molecular flexibility index (Phi) is 2.66. The van der Waals surface area contributed by atoms with Crippen LogP contribution < -0.4 is 5.73 Å². The van der Waals surface area contributed by atoms with Crippen molar-refractivity contribution in [1.82, 2.24) is 0 Å². The smallest absolute Gasteiger partial charge is 0.181 e. The molecule has 0 heterocycles. The summed E-state index contributed by atoms with van der Waals surface area (Å²) >= 11 is 16.0. The van der Waals surface area contributed by atoms with Gasteiger partial charge in [-0.1, -0.05) is 34.8 Å². The summed E-state index contributed by atoms with van der Waals surface area (Å²) in [6.07, 6.45) is 0. The minimum atomic E-state index is -1.29. The molecule has 0 radical (unpaired) electrons. The van der Waals surface area contributed by atoms with E-state index in [1.54, 1.807) is 0 Å². The van der Waals surface area contributed by atoms with E-state index >= 15 is 0 Å². The van der Waals surface area contributed by atoms with Crippen molar-refractivity contribution in [1.29, 1.82) is 0 Å². The third-order valence-electron chi connectivity index (χ3n) is 1.24. The van der Waals surface area contributed by atoms with E-state index < -0.39 is 21.7 Å². The largest absolute Gasteiger partial charge is 0.396 e. The van der Waals surface area contributed by atoms with E-state index in [4.69, 9.17) is 40.5 Å². The molecule has 0 aliphatic rings. The molecular formula is C6H2Cl3F2N. The zero-order valence-electron chi connectivity index (χ0n) is 5.47. The van der Waals surface area contributed by atoms with Gasteiger partial charge in [-0.3, -0.25) is 0 Å². The molecule has 6 heteroatoms. The minimum absolute atomic E-state index is 0.262. The average Bonchev–Trinajstić information content (AvgIpc) is 2.08. The molecule has 0 saturated heterocycles. The molecule has 1 aromatic carbocycles. The second-order valence-corrected chi connectivity index (χ2v) is 3.12. The lowest BCUT2D eigenvalue weighted by Gasteiger charge is -2.05. The van der Waals surface area contributed by atoms with Crippen LogP contribution >= 0.6 is 34.8 Å². The first kappa shape index (κ1) is 9.84. The fourth-order valence-electron chi connectivity index (χ4n) is 0.622. The molecule has 1 aromatic rings. The Bertz CT molecular complexity index is 235. The highest BCUT2D eigenvalue weighted by Gasteiger charge is 2.19. The molecule has 1 rings (SSSR count). The lowest BCUT2D eigenvalue weighted by Crippen LogP contribution is -1.96. The SMILES string of the molecule is Nc1c(Cl)c(F)c(F)c(Cl)c1Cl. The van der Waals surface area contributed by atoms with Gasteiger partial charge in [0.2, 0.25) is 0 Å². The van der Waals surface area contributed by atoms with Crippen molar-refractivity contribution >= 4 is 40.5 Å². The Balaban J connectivity index is 3.60. The first-order chi connectivity index (χ1) is 5.46. The van der Waals surface area contributed by atoms with Crippen molar-refractivity contribution in [2.24, 2.45) is 0 Å². The molecule has 0 spiro atoms. The van der Waals surface area contributed by atoms with Crippen molar-refractivity contribution in [2.75, 3.05) is 5.73 Å². The first-order valence-corrected chi connectivity index (χ1v) is 3.87. The third kappa shape index (κ3) is 1.32. The van der Waals surface area contributed by atoms with Gasteiger partial charge < -0.3 is 5.73 Å². The summed E-state index contributed by atoms with van der Waals surface area (Å²) in [4.78, 5) is 0. The number of hydrogen-bond acceptors (Lipinski definition) is 1. The van der Waals surface area contributed by atoms with Gasteiger partial charge in [-0.05, 0) is 0 Å². The van der Waals surface area contributed by atoms with Crippen LogP contribution in [0.15, 0.2) is 0 Å². The van der Waals surface area contributed by atoms with Crippen LogP contribution in [-0.4, -0.2) is 0 Å². The summed E-state index contributed by atoms with van der Waals surface area (Å²) < 4.78 is 25.4. The van der Waals surface area contributed by atoms with Crippen LogP contribution in [0.1, 0.15) is 0 Å². The van der Waals surface area contributed by atoms with Gasteiger partial charge in [0.25, 0.3) is 0 Å². The Morgan fingerprint density at radius 1 is 0.833 bits per heavy atom. The molecule has 0 amide bonds. The Hall–Kier alpha value is -0.250. The Morgan fingerprint density at radius 3 is 1.75 bits per heavy atom. The lowest BCUT2D eigenvalue weighted by molar-refractivity contribution is 0.510. The average molecular weight is 232 g/mol. The highest BCUT2D eigenvalue weighted by molar-refractivity contribution is 6.46. The zero-order chi connectivity index (χ0) is 9.46. The summed E-state index contributed by atoms with van der Waals surface area (Å²) in [5.41, 5.74) is 4.94. The summed E-state index contributed by atoms with van der Waals surface area (Å²) in [6.45, 7) is 0. The number of benzene rings is 1. The van der Waals surface area contributed by atoms with E-state index in [0.29, 0.717) is 0 Å². The molecule has 66 valence electrons. The van der Waals surface area contributed by atoms with Crippen molar-refractivity contribution in [3.8, 4) is 0 Å². The maximum absolute atomic E-state index is 12.7. The number of halogens is 5. The number of rotatable bonds is 0. The highest BCUT2D eigenvalue weighted by atomic mass is 35.5. The molecule has 1 nitrogen and oxygen atoms in total. The van der Waals surface area contributed by atoms with E-state index in [-0.39, 0.29) is 10.7 Å². The quantitative estimate of drug-likeness (QED) is 0.413. The van der Waals surface area contributed by atoms with Crippen LogP contribution in [0.2, 0.25) is 15.1 Å². The molecule has 0 saturated carbocycles. The van der Waals surface area contributed by atoms with Crippen LogP contribution in [0.3, 0.4) is 0 Å². The number of nitrogens with two attached hydrogens (primary N) is 1. The van der Waals surface area contributed by atoms with Crippen molar-refractivity contribution in [3.63, 3.8) is 0 Å². The summed E-state index contributed by atoms with van der Waals surface area (Å²) in [5, 5.41) is -1.39. The Morgan fingerprint density at radius 2 is 1.25 bits per heavy atom. The predicted octanol–water partition coefficient (Wildman–Crippen LogP) is 3.51. The fourth-order valence-corrected chi connectivity index (χ4v) is 1.21. The summed E-state index contributed by atoms with van der Waals surface area (Å²) in [7, 11) is 0. The van der Waals surface area contributed by atoms with Gasteiger partial charge >= 0.3 is 0 Å². The third-order valence-corrected chi connectivity index (χ3v) is 2.46. The van der Waals surface area contributed by atoms with Gasteiger partial charge in [0.1, 0.15) is 10.0 Å². The first-order valence-electron chi connectivity index (χ1n) is 2.73. The van der Waals surface area contributed by atoms with Gasteiger partial charge in [-0.15, -0.1) is 0 Å². The monoisotopic (exact) mass is 231 g/mol. The van der Waals surface area contributed by atoms with Crippen LogP contribution in [-0.2, 0) is 0 Å². The van der Waals surface area contributed by atoms with Gasteiger partial charge in [-0.25, -0.2) is 8.78 Å². The molecule has 0 aliphatic carbocycles. The standard InChI is InChI=1S/C6H2Cl3F2N/c7-1-2(8)6(12)3(9)5(11)4(1)10/h12H2. The van der Waals surface area contributed by atoms with Gasteiger partial charge in [0.15, 0.2) is 11.6 Å². The van der Waals surface area contributed by atoms with Crippen molar-refractivity contribution < 1.29 is 8.78 Å². The number of nitrogen functional groups attached to an aromatic ring is 1. The zero-order valence-corrected chi connectivity index (χ0v) is 7.73. The summed E-state index contributed by atoms with van der Waals surface area (Å²) in [5.74, 6) is -2.58. The maximum atomic E-state index is 12.7. The molecule has 2 N–H and O–H groups in total. The lowest BCUT2D eigenvalue weighted by atomic mass is 10.3. The molecule has 0 aromatic heterocycles. The second kappa shape index (κ2) is 3.24. The molecule has 0 fully saturated rings. The maximum Gasteiger partial charge on any atom is 0.181 e. The predicted molar refractivity (Wildman–Crippen MR) is 45.8 cm³/mol. The van der Waals surface area contributed by atoms with E-state index in [0.717, 1.165) is 0 Å². The molecule has 12 heavy (non-hydrogen) atoms. The van der Waals surface area contributed by atoms with E-state index in [2.05, 4.69) is 0 Å². The van der Waals surface area contributed by atoms with Crippen molar-refractivity contribution in [2.45, 2.75) is 0 Å². The van der Waals surface area contributed by atoms with E-state index in [9.17, 15) is 8.78 Å². The van der Waals surface area contributed by atoms with Crippen LogP contribution in [0.5, 0.6) is 0 Å². The van der Waals surface area contributed by atoms with Crippen molar-refractivity contribution in [3.05, 3.63) is 26.7 Å². The topological polar surface area (TPSA) is 26.0 Å². The van der Waals surface area contributed by atoms with Crippen LogP contribution in [0.25, 0.3) is 0 Å². The number of hydrogen-bond donors (Lipinski definition) is 1. The van der Waals surface area contributed by atoms with E-state index in [1.165, 1.54) is 0 Å². The minimum Gasteiger partial charge on any atom is -0.396 e. The summed E-state index contributed by atoms with van der Waals surface area (Å²) in [6, 6.07) is 0. The van der Waals surface area contributed by atoms with E-state index in [1.807, 2.05) is 0 Å². The fraction of sp³-hybridized carbons (Fsp3) is 0. The van der Waals surface area contributed by atoms with Crippen LogP contribution in [0, 0.1) is 11.6 Å². The highest BCUT2D eigenvalue weighted by Crippen LogP contribution is 2.38. The molecule has 0 unspecified atom stereocenters. The van der Waals surface area contributed by atoms with Gasteiger partial charge in [0.05, 0.1) is 10.7 Å². The number of anilines is 1. The van der Waals surface area contributed by atoms with Crippen LogP contribution in [0.4, 0.5) is 14.5 Å². The Labute approximate surface area is 82.0 Å². The molecule has 0 atom stereocenters. The second-order valence-electron chi connectivity index (χ2n) is 1.98. The normalized spacial score (nSPS) is 10.4. The molecule has 0 aliphatic heterocycles. The van der Waals surface area contributed by atoms with Gasteiger partial charge in [0, 0.05) is 0 Å². The van der Waals surface area contributed by atoms with Gasteiger partial charge in [-0.2, -0.15) is 0 Å².